The Labute approximate surface area is 435 Å². The van der Waals surface area contributed by atoms with Gasteiger partial charge in [0.05, 0.1) is 26.4 Å². The number of unbranched alkanes of at least 4 members (excludes halogenated alkanes) is 28. The number of carbonyl (C=O) groups is 4. The Kier molecular flexibility index (Phi) is 47.4. The van der Waals surface area contributed by atoms with E-state index in [4.69, 9.17) is 37.0 Å². The zero-order chi connectivity index (χ0) is 53.4. The molecule has 5 atom stereocenters. The normalized spacial score (nSPS) is 14.5. The van der Waals surface area contributed by atoms with E-state index in [9.17, 15) is 43.2 Å². The second kappa shape index (κ2) is 48.7. The van der Waals surface area contributed by atoms with Gasteiger partial charge in [-0.3, -0.25) is 37.3 Å². The van der Waals surface area contributed by atoms with Crippen molar-refractivity contribution in [2.45, 2.75) is 277 Å². The second-order valence-corrected chi connectivity index (χ2v) is 22.2. The highest BCUT2D eigenvalue weighted by Crippen LogP contribution is 2.45. The number of aliphatic hydroxyl groups excluding tert-OH is 1. The second-order valence-electron chi connectivity index (χ2n) is 19.3. The van der Waals surface area contributed by atoms with Crippen molar-refractivity contribution in [2.75, 3.05) is 39.6 Å². The summed E-state index contributed by atoms with van der Waals surface area (Å²) in [7, 11) is -9.84. The average Bonchev–Trinajstić information content (AvgIpc) is 3.35. The highest BCUT2D eigenvalue weighted by Gasteiger charge is 2.30. The molecule has 19 heteroatoms. The summed E-state index contributed by atoms with van der Waals surface area (Å²) in [6.45, 7) is 4.61. The van der Waals surface area contributed by atoms with Gasteiger partial charge in [0.25, 0.3) is 0 Å². The zero-order valence-electron chi connectivity index (χ0n) is 45.4. The summed E-state index contributed by atoms with van der Waals surface area (Å²) in [4.78, 5) is 71.1. The van der Waals surface area contributed by atoms with Gasteiger partial charge in [0, 0.05) is 25.7 Å². The first-order valence-electron chi connectivity index (χ1n) is 28.3. The number of phosphoric ester groups is 2. The van der Waals surface area contributed by atoms with Crippen LogP contribution in [0.1, 0.15) is 259 Å². The van der Waals surface area contributed by atoms with Crippen molar-refractivity contribution in [3.05, 3.63) is 0 Å². The molecule has 0 spiro atoms. The molecule has 0 rings (SSSR count). The summed E-state index contributed by atoms with van der Waals surface area (Å²) in [5.74, 6) is -2.17. The van der Waals surface area contributed by atoms with Crippen LogP contribution in [0.5, 0.6) is 0 Å². The molecule has 0 bridgehead atoms. The fourth-order valence-electron chi connectivity index (χ4n) is 7.69. The SMILES string of the molecule is CCCCCCCCCCCCCC(=O)OC[C@H](COP(=O)(O)OC[C@@H](O)COP(=O)(O)OC[C@@H](COC(=O)CCCCCCCC)OC(=O)CCCCCCCCCCCCC)OC(=O)CCCCCC. The van der Waals surface area contributed by atoms with Crippen molar-refractivity contribution in [3.8, 4) is 0 Å². The van der Waals surface area contributed by atoms with E-state index in [1.165, 1.54) is 83.5 Å². The molecule has 0 aliphatic carbocycles. The molecule has 0 aromatic heterocycles. The number of rotatable bonds is 54. The minimum atomic E-state index is -4.92. The summed E-state index contributed by atoms with van der Waals surface area (Å²) in [5.41, 5.74) is 0. The van der Waals surface area contributed by atoms with Gasteiger partial charge < -0.3 is 33.8 Å². The third-order valence-corrected chi connectivity index (χ3v) is 14.0. The number of ether oxygens (including phenoxy) is 4. The molecule has 0 saturated heterocycles. The molecule has 0 aromatic carbocycles. The van der Waals surface area contributed by atoms with Crippen LogP contribution in [0.2, 0.25) is 0 Å². The maximum atomic E-state index is 12.8. The van der Waals surface area contributed by atoms with Crippen LogP contribution in [0.3, 0.4) is 0 Å². The molecule has 72 heavy (non-hydrogen) atoms. The van der Waals surface area contributed by atoms with Gasteiger partial charge in [-0.2, -0.15) is 0 Å². The first-order valence-corrected chi connectivity index (χ1v) is 31.3. The van der Waals surface area contributed by atoms with E-state index >= 15 is 0 Å². The van der Waals surface area contributed by atoms with Crippen LogP contribution >= 0.6 is 15.6 Å². The number of phosphoric acid groups is 2. The predicted octanol–water partition coefficient (Wildman–Crippen LogP) is 13.6. The summed E-state index contributed by atoms with van der Waals surface area (Å²) >= 11 is 0. The molecule has 0 fully saturated rings. The standard InChI is InChI=1S/C53H102O17P2/c1-5-9-13-17-20-22-24-26-28-31-35-38-51(56)64-43-48(69-52(57)39-33-16-12-8-4)45-67-71(59,60)65-41-47(54)42-66-72(61,62)68-46-49(44-63-50(55)37-34-30-19-15-11-7-3)70-53(58)40-36-32-29-27-25-23-21-18-14-10-6-2/h47-49,54H,5-46H2,1-4H3,(H,59,60)(H,61,62)/t47-,48-,49-/m1/s1. The van der Waals surface area contributed by atoms with E-state index in [-0.39, 0.29) is 25.7 Å². The van der Waals surface area contributed by atoms with Crippen molar-refractivity contribution in [1.82, 2.24) is 0 Å². The van der Waals surface area contributed by atoms with Gasteiger partial charge >= 0.3 is 39.5 Å². The van der Waals surface area contributed by atoms with E-state index < -0.39 is 97.5 Å². The van der Waals surface area contributed by atoms with E-state index in [0.29, 0.717) is 25.7 Å². The minimum absolute atomic E-state index is 0.0964. The molecule has 2 unspecified atom stereocenters. The van der Waals surface area contributed by atoms with Gasteiger partial charge in [-0.1, -0.05) is 207 Å². The zero-order valence-corrected chi connectivity index (χ0v) is 47.2. The van der Waals surface area contributed by atoms with Gasteiger partial charge in [0.1, 0.15) is 19.3 Å². The molecule has 0 saturated carbocycles. The van der Waals surface area contributed by atoms with Crippen LogP contribution in [-0.2, 0) is 65.4 Å². The number of carbonyl (C=O) groups excluding carboxylic acids is 4. The number of hydrogen-bond acceptors (Lipinski definition) is 15. The Hall–Kier alpha value is -1.94. The van der Waals surface area contributed by atoms with E-state index in [2.05, 4.69) is 20.8 Å². The van der Waals surface area contributed by atoms with Gasteiger partial charge in [0.15, 0.2) is 12.2 Å². The maximum Gasteiger partial charge on any atom is 0.472 e. The lowest BCUT2D eigenvalue weighted by Gasteiger charge is -2.21. The average molecular weight is 1070 g/mol. The minimum Gasteiger partial charge on any atom is -0.462 e. The Bertz CT molecular complexity index is 1420. The molecule has 0 amide bonds. The van der Waals surface area contributed by atoms with Gasteiger partial charge in [-0.15, -0.1) is 0 Å². The predicted molar refractivity (Wildman–Crippen MR) is 280 cm³/mol. The lowest BCUT2D eigenvalue weighted by molar-refractivity contribution is -0.161. The summed E-state index contributed by atoms with van der Waals surface area (Å²) in [5, 5.41) is 10.4. The van der Waals surface area contributed by atoms with Crippen LogP contribution in [-0.4, -0.2) is 96.7 Å². The monoisotopic (exact) mass is 1070 g/mol. The molecule has 17 nitrogen and oxygen atoms in total. The highest BCUT2D eigenvalue weighted by atomic mass is 31.2. The van der Waals surface area contributed by atoms with Gasteiger partial charge in [-0.05, 0) is 25.7 Å². The molecule has 3 N–H and O–H groups in total. The van der Waals surface area contributed by atoms with Crippen LogP contribution in [0.4, 0.5) is 0 Å². The van der Waals surface area contributed by atoms with E-state index in [1.54, 1.807) is 0 Å². The Morgan fingerprint density at radius 2 is 0.556 bits per heavy atom. The lowest BCUT2D eigenvalue weighted by atomic mass is 10.1. The van der Waals surface area contributed by atoms with E-state index in [0.717, 1.165) is 96.3 Å². The fourth-order valence-corrected chi connectivity index (χ4v) is 9.27. The molecule has 0 aliphatic rings. The molecule has 0 aliphatic heterocycles. The van der Waals surface area contributed by atoms with Crippen molar-refractivity contribution < 1.29 is 80.2 Å². The van der Waals surface area contributed by atoms with Crippen molar-refractivity contribution in [1.29, 1.82) is 0 Å². The summed E-state index contributed by atoms with van der Waals surface area (Å²) in [6, 6.07) is 0. The summed E-state index contributed by atoms with van der Waals surface area (Å²) in [6.07, 6.45) is 30.1. The first-order chi connectivity index (χ1) is 34.7. The van der Waals surface area contributed by atoms with Crippen LogP contribution in [0, 0.1) is 0 Å². The van der Waals surface area contributed by atoms with Crippen molar-refractivity contribution in [3.63, 3.8) is 0 Å². The third kappa shape index (κ3) is 47.8. The maximum absolute atomic E-state index is 12.8. The van der Waals surface area contributed by atoms with Crippen LogP contribution in [0.15, 0.2) is 0 Å². The number of hydrogen-bond donors (Lipinski definition) is 3. The smallest absolute Gasteiger partial charge is 0.462 e. The molecular formula is C53H102O17P2. The fraction of sp³-hybridized carbons (Fsp3) is 0.925. The molecule has 426 valence electrons. The van der Waals surface area contributed by atoms with Crippen LogP contribution in [0.25, 0.3) is 0 Å². The van der Waals surface area contributed by atoms with Gasteiger partial charge in [-0.25, -0.2) is 9.13 Å². The Balaban J connectivity index is 5.07. The van der Waals surface area contributed by atoms with Crippen LogP contribution < -0.4 is 0 Å². The quantitative estimate of drug-likeness (QED) is 0.0222. The first kappa shape index (κ1) is 70.1. The molecule has 0 heterocycles. The van der Waals surface area contributed by atoms with Crippen molar-refractivity contribution in [2.24, 2.45) is 0 Å². The molecular weight excluding hydrogens is 971 g/mol. The Morgan fingerprint density at radius 3 is 0.833 bits per heavy atom. The van der Waals surface area contributed by atoms with Gasteiger partial charge in [0.2, 0.25) is 0 Å². The molecule has 0 aromatic rings. The lowest BCUT2D eigenvalue weighted by Crippen LogP contribution is -2.30. The Morgan fingerprint density at radius 1 is 0.333 bits per heavy atom. The topological polar surface area (TPSA) is 237 Å². The third-order valence-electron chi connectivity index (χ3n) is 12.1. The largest absolute Gasteiger partial charge is 0.472 e. The van der Waals surface area contributed by atoms with E-state index in [1.807, 2.05) is 6.92 Å². The summed E-state index contributed by atoms with van der Waals surface area (Å²) < 4.78 is 67.1. The van der Waals surface area contributed by atoms with Crippen molar-refractivity contribution >= 4 is 39.5 Å². The number of aliphatic hydroxyl groups is 1. The highest BCUT2D eigenvalue weighted by molar-refractivity contribution is 7.47. The number of esters is 4. The molecule has 0 radical (unpaired) electrons.